The fraction of sp³-hybridized carbons (Fsp3) is 0.125. The van der Waals surface area contributed by atoms with Crippen LogP contribution in [-0.4, -0.2) is 15.8 Å². The molecule has 2 heterocycles. The molecule has 6 nitrogen and oxygen atoms in total. The van der Waals surface area contributed by atoms with E-state index in [0.29, 0.717) is 18.8 Å². The van der Waals surface area contributed by atoms with Gasteiger partial charge in [-0.25, -0.2) is 9.48 Å². The Bertz CT molecular complexity index is 720. The van der Waals surface area contributed by atoms with Crippen LogP contribution in [0.1, 0.15) is 11.3 Å². The molecular formula is C16H16N4O2. The van der Waals surface area contributed by atoms with E-state index in [1.54, 1.807) is 23.2 Å². The second-order valence-corrected chi connectivity index (χ2v) is 4.74. The average Bonchev–Trinajstić information content (AvgIpc) is 3.23. The van der Waals surface area contributed by atoms with Crippen LogP contribution >= 0.6 is 0 Å². The molecule has 0 atom stereocenters. The molecule has 0 spiro atoms. The number of carbonyl (C=O) groups excluding carboxylic acids is 1. The number of hydrogen-bond acceptors (Lipinski definition) is 3. The van der Waals surface area contributed by atoms with Gasteiger partial charge < -0.3 is 15.1 Å². The lowest BCUT2D eigenvalue weighted by molar-refractivity contribution is 0.239. The van der Waals surface area contributed by atoms with Crippen molar-refractivity contribution in [2.45, 2.75) is 13.1 Å². The highest BCUT2D eigenvalue weighted by Gasteiger charge is 2.04. The Morgan fingerprint density at radius 3 is 2.68 bits per heavy atom. The molecule has 0 aliphatic heterocycles. The summed E-state index contributed by atoms with van der Waals surface area (Å²) in [4.78, 5) is 11.7. The predicted molar refractivity (Wildman–Crippen MR) is 81.3 cm³/mol. The molecular weight excluding hydrogens is 280 g/mol. The second kappa shape index (κ2) is 6.62. The van der Waals surface area contributed by atoms with Crippen LogP contribution in [0.2, 0.25) is 0 Å². The zero-order chi connectivity index (χ0) is 15.2. The van der Waals surface area contributed by atoms with Crippen LogP contribution in [0.4, 0.5) is 4.79 Å². The third-order valence-electron chi connectivity index (χ3n) is 3.11. The van der Waals surface area contributed by atoms with Gasteiger partial charge in [-0.3, -0.25) is 0 Å². The smallest absolute Gasteiger partial charge is 0.315 e. The first kappa shape index (κ1) is 13.9. The fourth-order valence-electron chi connectivity index (χ4n) is 2.00. The van der Waals surface area contributed by atoms with Gasteiger partial charge in [0.25, 0.3) is 0 Å². The Balaban J connectivity index is 1.49. The fourth-order valence-corrected chi connectivity index (χ4v) is 2.00. The molecule has 3 aromatic rings. The van der Waals surface area contributed by atoms with E-state index < -0.39 is 0 Å². The number of aromatic nitrogens is 2. The van der Waals surface area contributed by atoms with Crippen LogP contribution < -0.4 is 10.6 Å². The lowest BCUT2D eigenvalue weighted by atomic mass is 10.3. The van der Waals surface area contributed by atoms with Crippen LogP contribution in [0, 0.1) is 0 Å². The minimum Gasteiger partial charge on any atom is -0.467 e. The van der Waals surface area contributed by atoms with Gasteiger partial charge in [0, 0.05) is 18.3 Å². The molecule has 0 aliphatic rings. The summed E-state index contributed by atoms with van der Waals surface area (Å²) < 4.78 is 6.92. The van der Waals surface area contributed by atoms with Crippen LogP contribution in [-0.2, 0) is 13.1 Å². The van der Waals surface area contributed by atoms with Gasteiger partial charge in [0.15, 0.2) is 0 Å². The monoisotopic (exact) mass is 296 g/mol. The molecule has 0 radical (unpaired) electrons. The number of carbonyl (C=O) groups is 1. The quantitative estimate of drug-likeness (QED) is 0.759. The molecule has 1 aromatic carbocycles. The zero-order valence-corrected chi connectivity index (χ0v) is 11.9. The van der Waals surface area contributed by atoms with E-state index in [9.17, 15) is 4.79 Å². The Hall–Kier alpha value is -3.02. The summed E-state index contributed by atoms with van der Waals surface area (Å²) in [7, 11) is 0. The van der Waals surface area contributed by atoms with E-state index in [2.05, 4.69) is 15.7 Å². The molecule has 3 rings (SSSR count). The minimum absolute atomic E-state index is 0.246. The summed E-state index contributed by atoms with van der Waals surface area (Å²) in [5.74, 6) is 0.715. The van der Waals surface area contributed by atoms with E-state index in [1.807, 2.05) is 42.6 Å². The van der Waals surface area contributed by atoms with Gasteiger partial charge in [-0.15, -0.1) is 0 Å². The van der Waals surface area contributed by atoms with Crippen molar-refractivity contribution in [3.8, 4) is 5.69 Å². The summed E-state index contributed by atoms with van der Waals surface area (Å²) in [6, 6.07) is 13.2. The van der Waals surface area contributed by atoms with Crippen molar-refractivity contribution in [1.29, 1.82) is 0 Å². The number of nitrogens with zero attached hydrogens (tertiary/aromatic N) is 2. The van der Waals surface area contributed by atoms with Crippen molar-refractivity contribution < 1.29 is 9.21 Å². The summed E-state index contributed by atoms with van der Waals surface area (Å²) in [5, 5.41) is 9.78. The number of benzene rings is 1. The lowest BCUT2D eigenvalue weighted by Gasteiger charge is -2.05. The van der Waals surface area contributed by atoms with E-state index in [1.165, 1.54) is 0 Å². The number of para-hydroxylation sites is 1. The summed E-state index contributed by atoms with van der Waals surface area (Å²) in [5.41, 5.74) is 1.91. The van der Waals surface area contributed by atoms with Crippen molar-refractivity contribution in [3.05, 3.63) is 72.4 Å². The number of hydrogen-bond donors (Lipinski definition) is 2. The van der Waals surface area contributed by atoms with Gasteiger partial charge in [-0.05, 0) is 24.3 Å². The Morgan fingerprint density at radius 1 is 1.09 bits per heavy atom. The zero-order valence-electron chi connectivity index (χ0n) is 11.9. The van der Waals surface area contributed by atoms with Crippen molar-refractivity contribution in [3.63, 3.8) is 0 Å². The summed E-state index contributed by atoms with van der Waals surface area (Å²) in [6.45, 7) is 0.777. The van der Waals surface area contributed by atoms with Crippen LogP contribution in [0.3, 0.4) is 0 Å². The van der Waals surface area contributed by atoms with Crippen molar-refractivity contribution in [2.75, 3.05) is 0 Å². The summed E-state index contributed by atoms with van der Waals surface area (Å²) in [6.07, 6.45) is 5.20. The minimum atomic E-state index is -0.246. The highest BCUT2D eigenvalue weighted by molar-refractivity contribution is 5.73. The molecule has 0 fully saturated rings. The van der Waals surface area contributed by atoms with Gasteiger partial charge in [-0.2, -0.15) is 5.10 Å². The number of urea groups is 1. The van der Waals surface area contributed by atoms with Gasteiger partial charge in [-0.1, -0.05) is 18.2 Å². The standard InChI is InChI=1S/C16H16N4O2/c21-16(18-11-15-7-4-8-22-15)17-9-13-10-19-20(12-13)14-5-2-1-3-6-14/h1-8,10,12H,9,11H2,(H2,17,18,21). The second-order valence-electron chi connectivity index (χ2n) is 4.74. The highest BCUT2D eigenvalue weighted by atomic mass is 16.3. The molecule has 22 heavy (non-hydrogen) atoms. The van der Waals surface area contributed by atoms with Crippen LogP contribution in [0.15, 0.2) is 65.5 Å². The third kappa shape index (κ3) is 3.54. The van der Waals surface area contributed by atoms with Crippen molar-refractivity contribution in [1.82, 2.24) is 20.4 Å². The van der Waals surface area contributed by atoms with E-state index in [4.69, 9.17) is 4.42 Å². The highest BCUT2D eigenvalue weighted by Crippen LogP contribution is 2.07. The number of amides is 2. The number of furan rings is 1. The maximum absolute atomic E-state index is 11.7. The molecule has 0 bridgehead atoms. The SMILES string of the molecule is O=C(NCc1cnn(-c2ccccc2)c1)NCc1ccco1. The maximum Gasteiger partial charge on any atom is 0.315 e. The van der Waals surface area contributed by atoms with Gasteiger partial charge in [0.1, 0.15) is 5.76 Å². The van der Waals surface area contributed by atoms with Crippen molar-refractivity contribution >= 4 is 6.03 Å². The predicted octanol–water partition coefficient (Wildman–Crippen LogP) is 2.46. The van der Waals surface area contributed by atoms with E-state index in [0.717, 1.165) is 11.3 Å². The topological polar surface area (TPSA) is 72.1 Å². The third-order valence-corrected chi connectivity index (χ3v) is 3.11. The molecule has 0 saturated heterocycles. The normalized spacial score (nSPS) is 10.4. The first-order valence-corrected chi connectivity index (χ1v) is 6.94. The van der Waals surface area contributed by atoms with Crippen LogP contribution in [0.5, 0.6) is 0 Å². The summed E-state index contributed by atoms with van der Waals surface area (Å²) >= 11 is 0. The maximum atomic E-state index is 11.7. The molecule has 2 aromatic heterocycles. The molecule has 6 heteroatoms. The number of rotatable bonds is 5. The first-order valence-electron chi connectivity index (χ1n) is 6.94. The lowest BCUT2D eigenvalue weighted by Crippen LogP contribution is -2.34. The van der Waals surface area contributed by atoms with Crippen molar-refractivity contribution in [2.24, 2.45) is 0 Å². The Morgan fingerprint density at radius 2 is 1.91 bits per heavy atom. The molecule has 0 unspecified atom stereocenters. The van der Waals surface area contributed by atoms with Gasteiger partial charge >= 0.3 is 6.03 Å². The van der Waals surface area contributed by atoms with Gasteiger partial charge in [0.05, 0.1) is 24.7 Å². The van der Waals surface area contributed by atoms with Crippen LogP contribution in [0.25, 0.3) is 5.69 Å². The average molecular weight is 296 g/mol. The number of nitrogens with one attached hydrogen (secondary N) is 2. The molecule has 112 valence electrons. The Labute approximate surface area is 127 Å². The molecule has 0 saturated carbocycles. The van der Waals surface area contributed by atoms with E-state index >= 15 is 0 Å². The Kier molecular flexibility index (Phi) is 4.20. The van der Waals surface area contributed by atoms with Gasteiger partial charge in [0.2, 0.25) is 0 Å². The molecule has 2 N–H and O–H groups in total. The molecule has 2 amide bonds. The largest absolute Gasteiger partial charge is 0.467 e. The molecule has 0 aliphatic carbocycles. The first-order chi connectivity index (χ1) is 10.8. The van der Waals surface area contributed by atoms with E-state index in [-0.39, 0.29) is 6.03 Å².